The molecule has 3 heteroatoms. The lowest BCUT2D eigenvalue weighted by molar-refractivity contribution is -0.882. The predicted molar refractivity (Wildman–Crippen MR) is 138 cm³/mol. The summed E-state index contributed by atoms with van der Waals surface area (Å²) in [4.78, 5) is 4.70. The molecule has 1 aliphatic rings. The molecule has 0 aromatic rings. The average molecular weight is 436 g/mol. The van der Waals surface area contributed by atoms with E-state index < -0.39 is 0 Å². The number of rotatable bonds is 21. The van der Waals surface area contributed by atoms with Gasteiger partial charge >= 0.3 is 0 Å². The van der Waals surface area contributed by atoms with E-state index in [0.29, 0.717) is 4.48 Å². The van der Waals surface area contributed by atoms with Crippen molar-refractivity contribution in [2.75, 3.05) is 19.6 Å². The van der Waals surface area contributed by atoms with E-state index in [2.05, 4.69) is 26.0 Å². The molecule has 1 aliphatic heterocycles. The number of quaternary nitrogens is 1. The van der Waals surface area contributed by atoms with Crippen molar-refractivity contribution in [3.05, 3.63) is 12.2 Å². The van der Waals surface area contributed by atoms with E-state index in [9.17, 15) is 5.11 Å². The van der Waals surface area contributed by atoms with E-state index in [1.54, 1.807) is 0 Å². The van der Waals surface area contributed by atoms with Crippen LogP contribution >= 0.6 is 0 Å². The summed E-state index contributed by atoms with van der Waals surface area (Å²) in [6.07, 6.45) is 29.0. The van der Waals surface area contributed by atoms with Crippen molar-refractivity contribution in [1.82, 2.24) is 0 Å². The standard InChI is InChI=1S/C28H55N2O/c1-4-6-7-8-9-10-11-12-13-14-15-16-17-18-19-20-21-22-23-24-28-29-25-26-30(28,5-2)27(3)31/h20-21,27,31H,4-19,22-26H2,1-3H3/q+1/b21-20+. The number of hydrogen-bond acceptors (Lipinski definition) is 2. The Labute approximate surface area is 195 Å². The number of nitrogens with zero attached hydrogens (tertiary/aromatic N) is 2. The molecule has 0 radical (unpaired) electrons. The molecule has 1 N–H and O–H groups in total. The molecular weight excluding hydrogens is 380 g/mol. The maximum Gasteiger partial charge on any atom is 0.200 e. The van der Waals surface area contributed by atoms with Crippen molar-refractivity contribution in [3.63, 3.8) is 0 Å². The largest absolute Gasteiger partial charge is 0.345 e. The number of unbranched alkanes of at least 4 members (excludes halogenated alkanes) is 15. The van der Waals surface area contributed by atoms with Crippen LogP contribution in [0.3, 0.4) is 0 Å². The van der Waals surface area contributed by atoms with Crippen LogP contribution in [0.2, 0.25) is 0 Å². The molecule has 0 bridgehead atoms. The highest BCUT2D eigenvalue weighted by Gasteiger charge is 2.40. The summed E-state index contributed by atoms with van der Waals surface area (Å²) in [5, 5.41) is 10.2. The van der Waals surface area contributed by atoms with E-state index >= 15 is 0 Å². The first-order chi connectivity index (χ1) is 15.2. The van der Waals surface area contributed by atoms with Crippen molar-refractivity contribution in [2.45, 2.75) is 143 Å². The van der Waals surface area contributed by atoms with Crippen LogP contribution in [0.4, 0.5) is 0 Å². The number of allylic oxidation sites excluding steroid dienone is 2. The third-order valence-electron chi connectivity index (χ3n) is 7.25. The molecular formula is C28H55N2O+. The molecule has 1 heterocycles. The smallest absolute Gasteiger partial charge is 0.200 e. The molecule has 0 saturated carbocycles. The lowest BCUT2D eigenvalue weighted by Gasteiger charge is -2.36. The minimum atomic E-state index is -0.331. The second-order valence-corrected chi connectivity index (χ2v) is 9.75. The molecule has 1 rings (SSSR count). The van der Waals surface area contributed by atoms with Crippen molar-refractivity contribution in [1.29, 1.82) is 0 Å². The van der Waals surface area contributed by atoms with E-state index in [1.807, 2.05) is 6.92 Å². The summed E-state index contributed by atoms with van der Waals surface area (Å²) < 4.78 is 0.697. The van der Waals surface area contributed by atoms with Crippen LogP contribution in [0, 0.1) is 0 Å². The van der Waals surface area contributed by atoms with Crippen LogP contribution in [0.5, 0.6) is 0 Å². The van der Waals surface area contributed by atoms with E-state index in [0.717, 1.165) is 38.9 Å². The number of amidine groups is 1. The second kappa shape index (κ2) is 18.9. The van der Waals surface area contributed by atoms with Crippen LogP contribution in [-0.2, 0) is 0 Å². The molecule has 0 aliphatic carbocycles. The molecule has 0 aromatic carbocycles. The molecule has 0 amide bonds. The van der Waals surface area contributed by atoms with Crippen LogP contribution < -0.4 is 0 Å². The lowest BCUT2D eigenvalue weighted by atomic mass is 10.0. The maximum absolute atomic E-state index is 10.2. The number of hydrogen-bond donors (Lipinski definition) is 1. The number of aliphatic imine (C=N–C) groups is 1. The third-order valence-corrected chi connectivity index (χ3v) is 7.25. The molecule has 2 unspecified atom stereocenters. The third kappa shape index (κ3) is 12.2. The molecule has 31 heavy (non-hydrogen) atoms. The van der Waals surface area contributed by atoms with Gasteiger partial charge in [-0.2, -0.15) is 0 Å². The minimum Gasteiger partial charge on any atom is -0.345 e. The zero-order valence-corrected chi connectivity index (χ0v) is 21.4. The summed E-state index contributed by atoms with van der Waals surface area (Å²) in [7, 11) is 0. The molecule has 2 atom stereocenters. The van der Waals surface area contributed by atoms with Gasteiger partial charge in [0.2, 0.25) is 5.84 Å². The van der Waals surface area contributed by atoms with Gasteiger partial charge in [0.25, 0.3) is 0 Å². The van der Waals surface area contributed by atoms with E-state index in [-0.39, 0.29) is 6.23 Å². The summed E-state index contributed by atoms with van der Waals surface area (Å²) >= 11 is 0. The van der Waals surface area contributed by atoms with Gasteiger partial charge in [0.05, 0.1) is 13.1 Å². The van der Waals surface area contributed by atoms with E-state index in [1.165, 1.54) is 102 Å². The molecule has 0 spiro atoms. The van der Waals surface area contributed by atoms with Gasteiger partial charge in [-0.15, -0.1) is 0 Å². The zero-order chi connectivity index (χ0) is 22.6. The summed E-state index contributed by atoms with van der Waals surface area (Å²) in [6, 6.07) is 0. The van der Waals surface area contributed by atoms with Gasteiger partial charge in [-0.05, 0) is 32.6 Å². The summed E-state index contributed by atoms with van der Waals surface area (Å²) in [6.45, 7) is 9.18. The van der Waals surface area contributed by atoms with E-state index in [4.69, 9.17) is 4.99 Å². The Hall–Kier alpha value is -0.670. The van der Waals surface area contributed by atoms with Gasteiger partial charge in [-0.3, -0.25) is 4.48 Å². The van der Waals surface area contributed by atoms with Gasteiger partial charge in [-0.1, -0.05) is 103 Å². The van der Waals surface area contributed by atoms with Gasteiger partial charge in [0, 0.05) is 13.3 Å². The average Bonchev–Trinajstić information content (AvgIpc) is 3.19. The maximum atomic E-state index is 10.2. The van der Waals surface area contributed by atoms with Crippen molar-refractivity contribution in [2.24, 2.45) is 4.99 Å². The fourth-order valence-electron chi connectivity index (χ4n) is 5.01. The zero-order valence-electron chi connectivity index (χ0n) is 21.4. The first kappa shape index (κ1) is 28.4. The molecule has 0 saturated heterocycles. The monoisotopic (exact) mass is 435 g/mol. The normalized spacial score (nSPS) is 19.9. The predicted octanol–water partition coefficient (Wildman–Crippen LogP) is 8.17. The number of likely N-dealkylation sites (N-methyl/N-ethyl adjacent to an activating group) is 1. The van der Waals surface area contributed by atoms with Gasteiger partial charge in [0.1, 0.15) is 6.54 Å². The fraction of sp³-hybridized carbons (Fsp3) is 0.893. The Morgan fingerprint density at radius 1 is 0.774 bits per heavy atom. The van der Waals surface area contributed by atoms with Crippen LogP contribution in [0.25, 0.3) is 0 Å². The highest BCUT2D eigenvalue weighted by atomic mass is 16.3. The fourth-order valence-corrected chi connectivity index (χ4v) is 5.01. The van der Waals surface area contributed by atoms with Crippen molar-refractivity contribution < 1.29 is 9.59 Å². The van der Waals surface area contributed by atoms with Crippen LogP contribution in [0.15, 0.2) is 17.1 Å². The molecule has 0 aromatic heterocycles. The molecule has 0 fully saturated rings. The summed E-state index contributed by atoms with van der Waals surface area (Å²) in [5.74, 6) is 1.22. The highest BCUT2D eigenvalue weighted by molar-refractivity contribution is 5.76. The Bertz CT molecular complexity index is 472. The van der Waals surface area contributed by atoms with Crippen LogP contribution in [0.1, 0.15) is 136 Å². The first-order valence-corrected chi connectivity index (χ1v) is 13.9. The summed E-state index contributed by atoms with van der Waals surface area (Å²) in [5.41, 5.74) is 0. The van der Waals surface area contributed by atoms with Crippen molar-refractivity contribution >= 4 is 5.84 Å². The number of aliphatic hydroxyl groups excluding tert-OH is 1. The lowest BCUT2D eigenvalue weighted by Crippen LogP contribution is -2.56. The van der Waals surface area contributed by atoms with Gasteiger partial charge in [0.15, 0.2) is 6.23 Å². The second-order valence-electron chi connectivity index (χ2n) is 9.75. The Morgan fingerprint density at radius 3 is 1.74 bits per heavy atom. The number of aliphatic hydroxyl groups is 1. The minimum absolute atomic E-state index is 0.331. The topological polar surface area (TPSA) is 32.6 Å². The van der Waals surface area contributed by atoms with Crippen molar-refractivity contribution in [3.8, 4) is 0 Å². The first-order valence-electron chi connectivity index (χ1n) is 13.9. The molecule has 182 valence electrons. The van der Waals surface area contributed by atoms with Gasteiger partial charge < -0.3 is 5.11 Å². The Morgan fingerprint density at radius 2 is 1.26 bits per heavy atom. The quantitative estimate of drug-likeness (QED) is 0.110. The Balaban J connectivity index is 1.87. The highest BCUT2D eigenvalue weighted by Crippen LogP contribution is 2.22. The molecule has 3 nitrogen and oxygen atoms in total. The van der Waals surface area contributed by atoms with Crippen LogP contribution in [-0.4, -0.2) is 41.3 Å². The SMILES string of the molecule is CCCCCCCCCCCCCCCC/C=C/CCCC1=NCC[N+]1(CC)C(C)O. The van der Waals surface area contributed by atoms with Gasteiger partial charge in [-0.25, -0.2) is 4.99 Å². The Kier molecular flexibility index (Phi) is 17.3.